The molecule has 178 valence electrons. The van der Waals surface area contributed by atoms with E-state index >= 15 is 0 Å². The van der Waals surface area contributed by atoms with E-state index in [1.54, 1.807) is 24.5 Å². The van der Waals surface area contributed by atoms with Crippen molar-refractivity contribution in [2.24, 2.45) is 0 Å². The summed E-state index contributed by atoms with van der Waals surface area (Å²) in [5.74, 6) is -1.04. The highest BCUT2D eigenvalue weighted by atomic mass is 19.4. The second kappa shape index (κ2) is 8.81. The van der Waals surface area contributed by atoms with E-state index in [4.69, 9.17) is 0 Å². The fourth-order valence-corrected chi connectivity index (χ4v) is 4.12. The Balaban J connectivity index is 1.61. The number of nitrogens with one attached hydrogen (secondary N) is 2. The minimum Gasteiger partial charge on any atom is -0.350 e. The van der Waals surface area contributed by atoms with Crippen LogP contribution in [-0.2, 0) is 22.3 Å². The highest BCUT2D eigenvalue weighted by molar-refractivity contribution is 6.03. The zero-order chi connectivity index (χ0) is 24.6. The first kappa shape index (κ1) is 23.3. The number of nitrogens with zero attached hydrogens (tertiary/aromatic N) is 3. The lowest BCUT2D eigenvalue weighted by atomic mass is 9.92. The van der Waals surface area contributed by atoms with Crippen LogP contribution in [0, 0.1) is 0 Å². The molecular formula is C23H22F3N5O3. The van der Waals surface area contributed by atoms with Crippen molar-refractivity contribution < 1.29 is 27.6 Å². The van der Waals surface area contributed by atoms with E-state index in [1.165, 1.54) is 42.0 Å². The first-order valence-corrected chi connectivity index (χ1v) is 10.5. The summed E-state index contributed by atoms with van der Waals surface area (Å²) in [6, 6.07) is 5.48. The molecule has 3 heterocycles. The largest absolute Gasteiger partial charge is 0.416 e. The molecular weight excluding hydrogens is 451 g/mol. The van der Waals surface area contributed by atoms with Crippen molar-refractivity contribution in [3.63, 3.8) is 0 Å². The van der Waals surface area contributed by atoms with Crippen LogP contribution in [0.25, 0.3) is 0 Å². The predicted molar refractivity (Wildman–Crippen MR) is 115 cm³/mol. The van der Waals surface area contributed by atoms with E-state index in [2.05, 4.69) is 15.6 Å². The molecule has 1 aromatic heterocycles. The Morgan fingerprint density at radius 2 is 1.97 bits per heavy atom. The van der Waals surface area contributed by atoms with Crippen molar-refractivity contribution in [3.05, 3.63) is 76.8 Å². The monoisotopic (exact) mass is 473 g/mol. The smallest absolute Gasteiger partial charge is 0.350 e. The van der Waals surface area contributed by atoms with Crippen molar-refractivity contribution >= 4 is 17.8 Å². The summed E-state index contributed by atoms with van der Waals surface area (Å²) in [6.07, 6.45) is -1.47. The topological polar surface area (TPSA) is 94.6 Å². The molecule has 4 rings (SSSR count). The number of alkyl halides is 3. The van der Waals surface area contributed by atoms with Crippen LogP contribution in [0.5, 0.6) is 0 Å². The molecule has 0 bridgehead atoms. The molecule has 2 atom stereocenters. The van der Waals surface area contributed by atoms with Gasteiger partial charge in [-0.15, -0.1) is 0 Å². The maximum Gasteiger partial charge on any atom is 0.416 e. The van der Waals surface area contributed by atoms with Gasteiger partial charge in [-0.05, 0) is 30.2 Å². The van der Waals surface area contributed by atoms with Gasteiger partial charge in [-0.3, -0.25) is 19.5 Å². The predicted octanol–water partition coefficient (Wildman–Crippen LogP) is 2.60. The molecule has 1 aromatic carbocycles. The summed E-state index contributed by atoms with van der Waals surface area (Å²) in [4.78, 5) is 45.1. The van der Waals surface area contributed by atoms with Crippen LogP contribution in [0.1, 0.15) is 29.7 Å². The molecule has 0 saturated carbocycles. The molecule has 34 heavy (non-hydrogen) atoms. The molecule has 0 saturated heterocycles. The lowest BCUT2D eigenvalue weighted by Gasteiger charge is -2.32. The van der Waals surface area contributed by atoms with Crippen molar-refractivity contribution in [1.29, 1.82) is 0 Å². The van der Waals surface area contributed by atoms with Gasteiger partial charge in [-0.1, -0.05) is 24.3 Å². The molecule has 0 radical (unpaired) electrons. The van der Waals surface area contributed by atoms with Gasteiger partial charge in [0.1, 0.15) is 6.04 Å². The van der Waals surface area contributed by atoms with Crippen LogP contribution < -0.4 is 10.6 Å². The van der Waals surface area contributed by atoms with E-state index in [0.717, 1.165) is 11.6 Å². The fourth-order valence-electron chi connectivity index (χ4n) is 4.12. The summed E-state index contributed by atoms with van der Waals surface area (Å²) in [7, 11) is 1.43. The van der Waals surface area contributed by atoms with E-state index in [-0.39, 0.29) is 29.9 Å². The summed E-state index contributed by atoms with van der Waals surface area (Å²) < 4.78 is 41.0. The standard InChI is InChI=1S/C23H22F3N5O3/c1-13(20(32)28-11-14-6-5-9-27-10-14)31-12-17-18(21(31)33)19(29-22(34)30(17)2)15-7-3-4-8-16(15)23(24,25)26/h3-10,13,19H,11-12H2,1-2H3,(H,28,32)(H,29,34). The van der Waals surface area contributed by atoms with Crippen LogP contribution in [0.15, 0.2) is 60.1 Å². The molecule has 0 aliphatic carbocycles. The summed E-state index contributed by atoms with van der Waals surface area (Å²) >= 11 is 0. The van der Waals surface area contributed by atoms with Gasteiger partial charge in [0.2, 0.25) is 5.91 Å². The number of halogens is 3. The zero-order valence-corrected chi connectivity index (χ0v) is 18.4. The molecule has 2 N–H and O–H groups in total. The Hall–Kier alpha value is -3.89. The van der Waals surface area contributed by atoms with Crippen LogP contribution >= 0.6 is 0 Å². The third-order valence-corrected chi connectivity index (χ3v) is 6.00. The maximum atomic E-state index is 13.7. The van der Waals surface area contributed by atoms with E-state index in [9.17, 15) is 27.6 Å². The number of amides is 4. The molecule has 4 amide bonds. The Morgan fingerprint density at radius 3 is 2.65 bits per heavy atom. The highest BCUT2D eigenvalue weighted by Crippen LogP contribution is 2.41. The van der Waals surface area contributed by atoms with E-state index < -0.39 is 41.7 Å². The number of hydrogen-bond acceptors (Lipinski definition) is 4. The van der Waals surface area contributed by atoms with Crippen LogP contribution in [0.4, 0.5) is 18.0 Å². The van der Waals surface area contributed by atoms with Gasteiger partial charge in [0.25, 0.3) is 5.91 Å². The van der Waals surface area contributed by atoms with E-state index in [1.807, 2.05) is 0 Å². The lowest BCUT2D eigenvalue weighted by molar-refractivity contribution is -0.138. The molecule has 11 heteroatoms. The highest BCUT2D eigenvalue weighted by Gasteiger charge is 2.47. The van der Waals surface area contributed by atoms with Crippen LogP contribution in [-0.4, -0.2) is 52.3 Å². The quantitative estimate of drug-likeness (QED) is 0.698. The number of likely N-dealkylation sites (N-methyl/N-ethyl adjacent to an activating group) is 1. The van der Waals surface area contributed by atoms with Gasteiger partial charge in [-0.25, -0.2) is 4.79 Å². The number of urea groups is 1. The summed E-state index contributed by atoms with van der Waals surface area (Å²) in [6.45, 7) is 1.65. The summed E-state index contributed by atoms with van der Waals surface area (Å²) in [5, 5.41) is 5.24. The molecule has 2 unspecified atom stereocenters. The minimum absolute atomic E-state index is 0.0192. The van der Waals surface area contributed by atoms with E-state index in [0.29, 0.717) is 0 Å². The van der Waals surface area contributed by atoms with Gasteiger partial charge in [0.05, 0.1) is 29.4 Å². The lowest BCUT2D eigenvalue weighted by Crippen LogP contribution is -2.46. The second-order valence-electron chi connectivity index (χ2n) is 8.08. The summed E-state index contributed by atoms with van der Waals surface area (Å²) in [5.41, 5.74) is -0.113. The van der Waals surface area contributed by atoms with Crippen molar-refractivity contribution in [3.8, 4) is 0 Å². The average molecular weight is 473 g/mol. The Labute approximate surface area is 193 Å². The van der Waals surface area contributed by atoms with Crippen molar-refractivity contribution in [2.45, 2.75) is 31.7 Å². The Morgan fingerprint density at radius 1 is 1.24 bits per heavy atom. The van der Waals surface area contributed by atoms with Crippen molar-refractivity contribution in [2.75, 3.05) is 13.6 Å². The fraction of sp³-hybridized carbons (Fsp3) is 0.304. The average Bonchev–Trinajstić information content (AvgIpc) is 3.17. The normalized spacial score (nSPS) is 19.1. The first-order chi connectivity index (χ1) is 16.1. The van der Waals surface area contributed by atoms with Gasteiger partial charge >= 0.3 is 12.2 Å². The molecule has 0 spiro atoms. The van der Waals surface area contributed by atoms with Crippen molar-refractivity contribution in [1.82, 2.24) is 25.4 Å². The number of benzene rings is 1. The Bertz CT molecular complexity index is 1170. The van der Waals surface area contributed by atoms with Gasteiger partial charge in [-0.2, -0.15) is 13.2 Å². The molecule has 2 aliphatic heterocycles. The minimum atomic E-state index is -4.67. The first-order valence-electron chi connectivity index (χ1n) is 10.5. The molecule has 0 fully saturated rings. The third kappa shape index (κ3) is 4.20. The third-order valence-electron chi connectivity index (χ3n) is 6.00. The number of pyridine rings is 1. The van der Waals surface area contributed by atoms with Gasteiger partial charge in [0.15, 0.2) is 0 Å². The number of carbonyl (C=O) groups excluding carboxylic acids is 3. The number of aromatic nitrogens is 1. The molecule has 2 aliphatic rings. The SMILES string of the molecule is CC(C(=O)NCc1cccnc1)N1CC2=C(C1=O)C(c1ccccc1C(F)(F)F)NC(=O)N2C. The molecule has 8 nitrogen and oxygen atoms in total. The van der Waals surface area contributed by atoms with Crippen LogP contribution in [0.3, 0.4) is 0 Å². The van der Waals surface area contributed by atoms with Gasteiger partial charge < -0.3 is 15.5 Å². The molecule has 2 aromatic rings. The Kier molecular flexibility index (Phi) is 6.03. The number of hydrogen-bond donors (Lipinski definition) is 2. The number of rotatable bonds is 5. The zero-order valence-electron chi connectivity index (χ0n) is 18.4. The second-order valence-corrected chi connectivity index (χ2v) is 8.08. The van der Waals surface area contributed by atoms with Crippen LogP contribution in [0.2, 0.25) is 0 Å². The maximum absolute atomic E-state index is 13.7. The van der Waals surface area contributed by atoms with Gasteiger partial charge in [0, 0.05) is 26.0 Å². The number of carbonyl (C=O) groups is 3.